The number of hydrogen-bond acceptors (Lipinski definition) is 4. The van der Waals surface area contributed by atoms with E-state index >= 15 is 0 Å². The summed E-state index contributed by atoms with van der Waals surface area (Å²) < 4.78 is 6.90. The van der Waals surface area contributed by atoms with Gasteiger partial charge in [0.15, 0.2) is 0 Å². The summed E-state index contributed by atoms with van der Waals surface area (Å²) in [6, 6.07) is 5.45. The predicted molar refractivity (Wildman–Crippen MR) is 93.2 cm³/mol. The molecule has 1 saturated heterocycles. The molecule has 0 unspecified atom stereocenters. The molecule has 1 fully saturated rings. The normalized spacial score (nSPS) is 15.6. The number of nitrogens with zero attached hydrogens (tertiary/aromatic N) is 3. The van der Waals surface area contributed by atoms with E-state index in [9.17, 15) is 9.59 Å². The standard InChI is InChI=1S/C18H24N4O3/c1-25-10-7-13-5-8-21(9-6-13)18(24)15-12-22-14(11-16(19)23)3-2-4-17(22)20-15/h2-4,12-13H,5-11H2,1H3,(H2,19,23). The van der Waals surface area contributed by atoms with E-state index in [1.165, 1.54) is 0 Å². The van der Waals surface area contributed by atoms with E-state index in [1.54, 1.807) is 17.7 Å². The quantitative estimate of drug-likeness (QED) is 0.854. The number of carbonyl (C=O) groups is 2. The highest BCUT2D eigenvalue weighted by atomic mass is 16.5. The van der Waals surface area contributed by atoms with E-state index in [0.717, 1.165) is 44.7 Å². The molecule has 0 spiro atoms. The second-order valence-electron chi connectivity index (χ2n) is 6.53. The van der Waals surface area contributed by atoms with Crippen LogP contribution in [-0.2, 0) is 16.0 Å². The van der Waals surface area contributed by atoms with Gasteiger partial charge in [0, 0.05) is 38.7 Å². The van der Waals surface area contributed by atoms with Crippen molar-refractivity contribution in [3.05, 3.63) is 35.8 Å². The topological polar surface area (TPSA) is 89.9 Å². The number of rotatable bonds is 6. The first-order valence-electron chi connectivity index (χ1n) is 8.62. The molecule has 1 aliphatic rings. The molecule has 1 aliphatic heterocycles. The van der Waals surface area contributed by atoms with Crippen LogP contribution in [0.3, 0.4) is 0 Å². The maximum atomic E-state index is 12.8. The second-order valence-corrected chi connectivity index (χ2v) is 6.53. The number of ether oxygens (including phenoxy) is 1. The molecule has 0 atom stereocenters. The molecular weight excluding hydrogens is 320 g/mol. The van der Waals surface area contributed by atoms with Crippen molar-refractivity contribution in [1.82, 2.24) is 14.3 Å². The number of likely N-dealkylation sites (tertiary alicyclic amines) is 1. The minimum Gasteiger partial charge on any atom is -0.385 e. The lowest BCUT2D eigenvalue weighted by Crippen LogP contribution is -2.38. The monoisotopic (exact) mass is 344 g/mol. The zero-order valence-electron chi connectivity index (χ0n) is 14.5. The molecule has 134 valence electrons. The SMILES string of the molecule is COCCC1CCN(C(=O)c2cn3c(CC(N)=O)cccc3n2)CC1. The summed E-state index contributed by atoms with van der Waals surface area (Å²) in [5, 5.41) is 0. The summed E-state index contributed by atoms with van der Waals surface area (Å²) in [4.78, 5) is 30.3. The van der Waals surface area contributed by atoms with Crippen LogP contribution in [0.25, 0.3) is 5.65 Å². The summed E-state index contributed by atoms with van der Waals surface area (Å²) in [5.41, 5.74) is 7.08. The first kappa shape index (κ1) is 17.4. The number of pyridine rings is 1. The Morgan fingerprint density at radius 2 is 2.08 bits per heavy atom. The molecule has 7 nitrogen and oxygen atoms in total. The van der Waals surface area contributed by atoms with Crippen LogP contribution in [0.5, 0.6) is 0 Å². The van der Waals surface area contributed by atoms with Crippen LogP contribution in [0, 0.1) is 5.92 Å². The van der Waals surface area contributed by atoms with Gasteiger partial charge in [-0.15, -0.1) is 0 Å². The van der Waals surface area contributed by atoms with E-state index in [4.69, 9.17) is 10.5 Å². The van der Waals surface area contributed by atoms with Crippen molar-refractivity contribution in [3.8, 4) is 0 Å². The fourth-order valence-electron chi connectivity index (χ4n) is 3.36. The molecule has 0 bridgehead atoms. The highest BCUT2D eigenvalue weighted by Gasteiger charge is 2.25. The molecule has 0 aromatic carbocycles. The van der Waals surface area contributed by atoms with Crippen molar-refractivity contribution >= 4 is 17.5 Å². The largest absolute Gasteiger partial charge is 0.385 e. The van der Waals surface area contributed by atoms with Crippen molar-refractivity contribution in [2.45, 2.75) is 25.7 Å². The number of methoxy groups -OCH3 is 1. The second kappa shape index (κ2) is 7.65. The smallest absolute Gasteiger partial charge is 0.274 e. The maximum absolute atomic E-state index is 12.8. The predicted octanol–water partition coefficient (Wildman–Crippen LogP) is 1.25. The number of imidazole rings is 1. The van der Waals surface area contributed by atoms with E-state index in [-0.39, 0.29) is 12.3 Å². The highest BCUT2D eigenvalue weighted by molar-refractivity contribution is 5.93. The van der Waals surface area contributed by atoms with Gasteiger partial charge in [-0.2, -0.15) is 0 Å². The summed E-state index contributed by atoms with van der Waals surface area (Å²) in [6.45, 7) is 2.26. The van der Waals surface area contributed by atoms with Gasteiger partial charge in [0.25, 0.3) is 5.91 Å². The lowest BCUT2D eigenvalue weighted by atomic mass is 9.94. The Morgan fingerprint density at radius 1 is 1.32 bits per heavy atom. The van der Waals surface area contributed by atoms with Gasteiger partial charge in [-0.25, -0.2) is 4.98 Å². The zero-order valence-corrected chi connectivity index (χ0v) is 14.5. The fraction of sp³-hybridized carbons (Fsp3) is 0.500. The molecule has 2 aromatic rings. The summed E-state index contributed by atoms with van der Waals surface area (Å²) in [7, 11) is 1.72. The van der Waals surface area contributed by atoms with Crippen LogP contribution in [0.15, 0.2) is 24.4 Å². The van der Waals surface area contributed by atoms with Gasteiger partial charge in [0.05, 0.1) is 6.42 Å². The molecule has 3 rings (SSSR count). The lowest BCUT2D eigenvalue weighted by Gasteiger charge is -2.31. The number of fused-ring (bicyclic) bond motifs is 1. The van der Waals surface area contributed by atoms with Crippen LogP contribution in [0.1, 0.15) is 35.4 Å². The van der Waals surface area contributed by atoms with Gasteiger partial charge in [-0.1, -0.05) is 6.07 Å². The minimum atomic E-state index is -0.410. The van der Waals surface area contributed by atoms with E-state index < -0.39 is 5.91 Å². The summed E-state index contributed by atoms with van der Waals surface area (Å²) >= 11 is 0. The van der Waals surface area contributed by atoms with E-state index in [1.807, 2.05) is 23.1 Å². The van der Waals surface area contributed by atoms with E-state index in [2.05, 4.69) is 4.98 Å². The van der Waals surface area contributed by atoms with Crippen LogP contribution < -0.4 is 5.73 Å². The van der Waals surface area contributed by atoms with Crippen molar-refractivity contribution in [2.24, 2.45) is 11.7 Å². The van der Waals surface area contributed by atoms with Gasteiger partial charge in [-0.05, 0) is 37.3 Å². The molecule has 0 saturated carbocycles. The summed E-state index contributed by atoms with van der Waals surface area (Å²) in [6.07, 6.45) is 4.85. The molecule has 0 aliphatic carbocycles. The van der Waals surface area contributed by atoms with Gasteiger partial charge in [-0.3, -0.25) is 9.59 Å². The van der Waals surface area contributed by atoms with E-state index in [0.29, 0.717) is 17.3 Å². The zero-order chi connectivity index (χ0) is 17.8. The Kier molecular flexibility index (Phi) is 5.33. The average Bonchev–Trinajstić information content (AvgIpc) is 3.04. The average molecular weight is 344 g/mol. The van der Waals surface area contributed by atoms with Crippen LogP contribution in [0.2, 0.25) is 0 Å². The van der Waals surface area contributed by atoms with Crippen LogP contribution in [-0.4, -0.2) is 52.9 Å². The number of primary amides is 1. The first-order valence-corrected chi connectivity index (χ1v) is 8.62. The first-order chi connectivity index (χ1) is 12.1. The van der Waals surface area contributed by atoms with Gasteiger partial charge < -0.3 is 19.8 Å². The molecule has 2 amide bonds. The lowest BCUT2D eigenvalue weighted by molar-refractivity contribution is -0.117. The number of nitrogens with two attached hydrogens (primary N) is 1. The third kappa shape index (κ3) is 3.99. The third-order valence-corrected chi connectivity index (χ3v) is 4.78. The summed E-state index contributed by atoms with van der Waals surface area (Å²) in [5.74, 6) is 0.151. The number of aromatic nitrogens is 2. The van der Waals surface area contributed by atoms with Crippen molar-refractivity contribution in [3.63, 3.8) is 0 Å². The Morgan fingerprint density at radius 3 is 2.76 bits per heavy atom. The van der Waals surface area contributed by atoms with Crippen LogP contribution in [0.4, 0.5) is 0 Å². The highest BCUT2D eigenvalue weighted by Crippen LogP contribution is 2.22. The Balaban J connectivity index is 1.72. The number of amides is 2. The number of carbonyl (C=O) groups excluding carboxylic acids is 2. The maximum Gasteiger partial charge on any atom is 0.274 e. The van der Waals surface area contributed by atoms with Crippen LogP contribution >= 0.6 is 0 Å². The fourth-order valence-corrected chi connectivity index (χ4v) is 3.36. The minimum absolute atomic E-state index is 0.0566. The van der Waals surface area contributed by atoms with Crippen molar-refractivity contribution in [2.75, 3.05) is 26.8 Å². The Labute approximate surface area is 146 Å². The molecule has 25 heavy (non-hydrogen) atoms. The Bertz CT molecular complexity index is 763. The molecule has 2 aromatic heterocycles. The molecule has 0 radical (unpaired) electrons. The number of hydrogen-bond donors (Lipinski definition) is 1. The van der Waals surface area contributed by atoms with Crippen molar-refractivity contribution in [1.29, 1.82) is 0 Å². The Hall–Kier alpha value is -2.41. The van der Waals surface area contributed by atoms with Gasteiger partial charge >= 0.3 is 0 Å². The molecule has 3 heterocycles. The third-order valence-electron chi connectivity index (χ3n) is 4.78. The molecular formula is C18H24N4O3. The molecule has 2 N–H and O–H groups in total. The van der Waals surface area contributed by atoms with Crippen molar-refractivity contribution < 1.29 is 14.3 Å². The van der Waals surface area contributed by atoms with Gasteiger partial charge in [0.2, 0.25) is 5.91 Å². The molecule has 7 heteroatoms. The van der Waals surface area contributed by atoms with Gasteiger partial charge in [0.1, 0.15) is 11.3 Å². The number of piperidine rings is 1.